The van der Waals surface area contributed by atoms with Gasteiger partial charge in [0.25, 0.3) is 0 Å². The van der Waals surface area contributed by atoms with E-state index < -0.39 is 5.97 Å². The first-order valence-corrected chi connectivity index (χ1v) is 6.49. The maximum absolute atomic E-state index is 11.4. The summed E-state index contributed by atoms with van der Waals surface area (Å²) in [5.41, 5.74) is 3.97. The molecule has 6 nitrogen and oxygen atoms in total. The van der Waals surface area contributed by atoms with Crippen LogP contribution in [0.4, 0.5) is 5.13 Å². The van der Waals surface area contributed by atoms with Gasteiger partial charge in [-0.1, -0.05) is 0 Å². The lowest BCUT2D eigenvalue weighted by molar-refractivity contribution is 0.0520. The molecule has 2 aromatic heterocycles. The second kappa shape index (κ2) is 6.60. The van der Waals surface area contributed by atoms with Crippen molar-refractivity contribution in [2.24, 2.45) is 5.10 Å². The molecule has 2 aromatic rings. The Hall–Kier alpha value is -2.28. The predicted molar refractivity (Wildman–Crippen MR) is 73.5 cm³/mol. The highest BCUT2D eigenvalue weighted by molar-refractivity contribution is 7.13. The molecule has 0 radical (unpaired) electrons. The van der Waals surface area contributed by atoms with Crippen LogP contribution in [-0.2, 0) is 4.74 Å². The van der Waals surface area contributed by atoms with Crippen LogP contribution in [0, 0.1) is 0 Å². The first kappa shape index (κ1) is 13.2. The molecule has 7 heteroatoms. The van der Waals surface area contributed by atoms with Crippen LogP contribution in [0.5, 0.6) is 0 Å². The third kappa shape index (κ3) is 3.85. The largest absolute Gasteiger partial charge is 0.461 e. The molecule has 0 aliphatic carbocycles. The summed E-state index contributed by atoms with van der Waals surface area (Å²) in [5.74, 6) is -0.426. The van der Waals surface area contributed by atoms with Crippen LogP contribution < -0.4 is 5.43 Å². The van der Waals surface area contributed by atoms with Gasteiger partial charge in [0.05, 0.1) is 12.8 Å². The SMILES string of the molecule is CCOC(=O)c1csc(N/N=C/c2ccncc2)n1. The van der Waals surface area contributed by atoms with Crippen molar-refractivity contribution >= 4 is 28.7 Å². The molecule has 0 saturated carbocycles. The molecule has 0 aliphatic rings. The Bertz CT molecular complexity index is 568. The van der Waals surface area contributed by atoms with Crippen LogP contribution in [0.3, 0.4) is 0 Å². The first-order valence-electron chi connectivity index (χ1n) is 5.61. The van der Waals surface area contributed by atoms with E-state index in [1.807, 2.05) is 12.1 Å². The van der Waals surface area contributed by atoms with Gasteiger partial charge in [0.2, 0.25) is 5.13 Å². The van der Waals surface area contributed by atoms with Gasteiger partial charge in [-0.3, -0.25) is 10.4 Å². The van der Waals surface area contributed by atoms with Crippen molar-refractivity contribution in [2.45, 2.75) is 6.92 Å². The number of thiazole rings is 1. The minimum atomic E-state index is -0.426. The minimum absolute atomic E-state index is 0.286. The van der Waals surface area contributed by atoms with Gasteiger partial charge >= 0.3 is 5.97 Å². The number of anilines is 1. The van der Waals surface area contributed by atoms with E-state index in [1.165, 1.54) is 11.3 Å². The number of ether oxygens (including phenoxy) is 1. The number of esters is 1. The standard InChI is InChI=1S/C12H12N4O2S/c1-2-18-11(17)10-8-19-12(15-10)16-14-7-9-3-5-13-6-4-9/h3-8H,2H2,1H3,(H,15,16)/b14-7+. The zero-order chi connectivity index (χ0) is 13.5. The Balaban J connectivity index is 1.94. The maximum Gasteiger partial charge on any atom is 0.357 e. The number of nitrogens with zero attached hydrogens (tertiary/aromatic N) is 3. The van der Waals surface area contributed by atoms with E-state index in [1.54, 1.807) is 30.9 Å². The van der Waals surface area contributed by atoms with Gasteiger partial charge in [0.1, 0.15) is 0 Å². The van der Waals surface area contributed by atoms with E-state index in [4.69, 9.17) is 4.74 Å². The van der Waals surface area contributed by atoms with E-state index in [-0.39, 0.29) is 5.69 Å². The fraction of sp³-hybridized carbons (Fsp3) is 0.167. The number of rotatable bonds is 5. The van der Waals surface area contributed by atoms with Gasteiger partial charge < -0.3 is 4.74 Å². The Kier molecular flexibility index (Phi) is 4.57. The molecule has 2 rings (SSSR count). The summed E-state index contributed by atoms with van der Waals surface area (Å²) in [5, 5.41) is 6.19. The van der Waals surface area contributed by atoms with Crippen molar-refractivity contribution in [1.82, 2.24) is 9.97 Å². The van der Waals surface area contributed by atoms with Crippen molar-refractivity contribution < 1.29 is 9.53 Å². The van der Waals surface area contributed by atoms with Crippen LogP contribution in [0.25, 0.3) is 0 Å². The van der Waals surface area contributed by atoms with Gasteiger partial charge in [0, 0.05) is 17.8 Å². The predicted octanol–water partition coefficient (Wildman–Crippen LogP) is 2.16. The van der Waals surface area contributed by atoms with Crippen molar-refractivity contribution in [1.29, 1.82) is 0 Å². The molecular formula is C12H12N4O2S. The zero-order valence-electron chi connectivity index (χ0n) is 10.2. The average molecular weight is 276 g/mol. The molecule has 2 heterocycles. The molecule has 19 heavy (non-hydrogen) atoms. The molecule has 0 spiro atoms. The van der Waals surface area contributed by atoms with E-state index in [2.05, 4.69) is 20.5 Å². The van der Waals surface area contributed by atoms with Gasteiger partial charge in [-0.2, -0.15) is 5.10 Å². The number of hydrogen-bond donors (Lipinski definition) is 1. The van der Waals surface area contributed by atoms with E-state index in [0.29, 0.717) is 11.7 Å². The smallest absolute Gasteiger partial charge is 0.357 e. The number of carbonyl (C=O) groups excluding carboxylic acids is 1. The quantitative estimate of drug-likeness (QED) is 0.514. The molecule has 98 valence electrons. The molecule has 0 amide bonds. The van der Waals surface area contributed by atoms with Crippen molar-refractivity contribution in [3.63, 3.8) is 0 Å². The molecule has 0 aromatic carbocycles. The molecule has 0 atom stereocenters. The van der Waals surface area contributed by atoms with Crippen LogP contribution in [0.2, 0.25) is 0 Å². The Morgan fingerprint density at radius 2 is 2.32 bits per heavy atom. The van der Waals surface area contributed by atoms with Crippen molar-refractivity contribution in [2.75, 3.05) is 12.0 Å². The number of hydrogen-bond acceptors (Lipinski definition) is 7. The van der Waals surface area contributed by atoms with E-state index in [9.17, 15) is 4.79 Å². The van der Waals surface area contributed by atoms with E-state index >= 15 is 0 Å². The highest BCUT2D eigenvalue weighted by Gasteiger charge is 2.10. The van der Waals surface area contributed by atoms with Gasteiger partial charge in [-0.05, 0) is 24.6 Å². The highest BCUT2D eigenvalue weighted by Crippen LogP contribution is 2.15. The molecular weight excluding hydrogens is 264 g/mol. The number of pyridine rings is 1. The second-order valence-electron chi connectivity index (χ2n) is 3.41. The summed E-state index contributed by atoms with van der Waals surface area (Å²) in [6.07, 6.45) is 5.01. The van der Waals surface area contributed by atoms with Crippen molar-refractivity contribution in [3.05, 3.63) is 41.2 Å². The molecule has 1 N–H and O–H groups in total. The molecule has 0 aliphatic heterocycles. The lowest BCUT2D eigenvalue weighted by atomic mass is 10.3. The molecule has 0 fully saturated rings. The Morgan fingerprint density at radius 3 is 3.05 bits per heavy atom. The lowest BCUT2D eigenvalue weighted by Gasteiger charge is -1.96. The Labute approximate surface area is 114 Å². The number of aromatic nitrogens is 2. The first-order chi connectivity index (χ1) is 9.29. The Morgan fingerprint density at radius 1 is 1.53 bits per heavy atom. The monoisotopic (exact) mass is 276 g/mol. The summed E-state index contributed by atoms with van der Waals surface area (Å²) < 4.78 is 4.85. The summed E-state index contributed by atoms with van der Waals surface area (Å²) in [7, 11) is 0. The number of carbonyl (C=O) groups is 1. The van der Waals surface area contributed by atoms with E-state index in [0.717, 1.165) is 5.56 Å². The number of nitrogens with one attached hydrogen (secondary N) is 1. The summed E-state index contributed by atoms with van der Waals surface area (Å²) >= 11 is 1.29. The number of hydrazone groups is 1. The highest BCUT2D eigenvalue weighted by atomic mass is 32.1. The third-order valence-electron chi connectivity index (χ3n) is 2.07. The average Bonchev–Trinajstić information content (AvgIpc) is 2.89. The van der Waals surface area contributed by atoms with Crippen molar-refractivity contribution in [3.8, 4) is 0 Å². The molecule has 0 bridgehead atoms. The molecule has 0 unspecified atom stereocenters. The maximum atomic E-state index is 11.4. The summed E-state index contributed by atoms with van der Waals surface area (Å²) in [4.78, 5) is 19.4. The summed E-state index contributed by atoms with van der Waals surface area (Å²) in [6, 6.07) is 3.66. The minimum Gasteiger partial charge on any atom is -0.461 e. The zero-order valence-corrected chi connectivity index (χ0v) is 11.1. The van der Waals surface area contributed by atoms with Gasteiger partial charge in [-0.25, -0.2) is 9.78 Å². The second-order valence-corrected chi connectivity index (χ2v) is 4.27. The van der Waals surface area contributed by atoms with Crippen LogP contribution in [0.15, 0.2) is 35.0 Å². The van der Waals surface area contributed by atoms with Gasteiger partial charge in [-0.15, -0.1) is 11.3 Å². The fourth-order valence-corrected chi connectivity index (χ4v) is 1.86. The lowest BCUT2D eigenvalue weighted by Crippen LogP contribution is -2.04. The van der Waals surface area contributed by atoms with Crippen LogP contribution in [0.1, 0.15) is 23.0 Å². The molecule has 0 saturated heterocycles. The van der Waals surface area contributed by atoms with Gasteiger partial charge in [0.15, 0.2) is 5.69 Å². The fourth-order valence-electron chi connectivity index (χ4n) is 1.24. The topological polar surface area (TPSA) is 76.5 Å². The third-order valence-corrected chi connectivity index (χ3v) is 2.82. The summed E-state index contributed by atoms with van der Waals surface area (Å²) in [6.45, 7) is 2.09. The normalized spacial score (nSPS) is 10.6. The van der Waals surface area contributed by atoms with Crippen LogP contribution >= 0.6 is 11.3 Å². The van der Waals surface area contributed by atoms with Crippen LogP contribution in [-0.4, -0.2) is 28.8 Å².